The van der Waals surface area contributed by atoms with Crippen LogP contribution in [0.3, 0.4) is 0 Å². The van der Waals surface area contributed by atoms with E-state index in [0.717, 1.165) is 40.1 Å². The molecule has 2 aromatic carbocycles. The third-order valence-corrected chi connectivity index (χ3v) is 9.71. The van der Waals surface area contributed by atoms with Crippen molar-refractivity contribution < 1.29 is 64.9 Å². The lowest BCUT2D eigenvalue weighted by Gasteiger charge is -2.37. The molecule has 0 saturated heterocycles. The first-order chi connectivity index (χ1) is 26.7. The molecule has 0 spiro atoms. The molecule has 1 aromatic heterocycles. The van der Waals surface area contributed by atoms with Gasteiger partial charge in [0.2, 0.25) is 5.91 Å². The topological polar surface area (TPSA) is 187 Å². The fourth-order valence-electron chi connectivity index (χ4n) is 5.55. The number of nitrogens with one attached hydrogen (secondary N) is 4. The number of nitrogens with zero attached hydrogens (tertiary/aromatic N) is 3. The van der Waals surface area contributed by atoms with Gasteiger partial charge in [-0.3, -0.25) is 15.0 Å². The molecule has 0 fully saturated rings. The summed E-state index contributed by atoms with van der Waals surface area (Å²) in [5.41, 5.74) is -2.37. The first kappa shape index (κ1) is 47.7. The Morgan fingerprint density at radius 1 is 0.914 bits per heavy atom. The van der Waals surface area contributed by atoms with Crippen LogP contribution in [-0.4, -0.2) is 93.1 Å². The molecule has 22 heteroatoms. The Labute approximate surface area is 342 Å². The van der Waals surface area contributed by atoms with E-state index in [2.05, 4.69) is 25.9 Å². The number of carbonyl (C=O) groups is 4. The van der Waals surface area contributed by atoms with Gasteiger partial charge in [0.15, 0.2) is 0 Å². The third-order valence-electron chi connectivity index (χ3n) is 8.99. The average molecular weight is 946 g/mol. The number of benzene rings is 2. The molecule has 3 aromatic rings. The molecule has 0 bridgehead atoms. The Hall–Kier alpha value is -4.71. The Morgan fingerprint density at radius 2 is 1.50 bits per heavy atom. The fraction of sp³-hybridized carbons (Fsp3) is 0.472. The maximum atomic E-state index is 15.7. The van der Waals surface area contributed by atoms with Gasteiger partial charge in [-0.2, -0.15) is 27.1 Å². The number of methoxy groups -OCH3 is 1. The standard InChI is InChI=1S/C36H43F7IN7O7/c1-34(2,3)27(46-32(55)56)30(54)49-50(16-21-22(37)14-19(15-23(21)38)24-11-12-51(48-24)31(39)40)17-26(52)25(13-18-7-9-20(44)10-8-18)45-29(53)28(47-33(57)58-6)35(4,5)36(41,42)43/h7-12,14-15,25-28,31,46,52H,13,16-17H2,1-6H3,(H,45,53)(H,47,57)(H,49,54)(H,55,56). The normalized spacial score (nSPS) is 14.4. The van der Waals surface area contributed by atoms with Crippen LogP contribution in [0.1, 0.15) is 52.3 Å². The number of hydrogen-bond acceptors (Lipinski definition) is 8. The molecule has 0 radical (unpaired) electrons. The van der Waals surface area contributed by atoms with E-state index in [-0.39, 0.29) is 22.4 Å². The Bertz CT molecular complexity index is 1900. The molecular formula is C36H43F7IN7O7. The van der Waals surface area contributed by atoms with E-state index in [4.69, 9.17) is 0 Å². The minimum atomic E-state index is -5.05. The molecule has 4 atom stereocenters. The van der Waals surface area contributed by atoms with E-state index in [9.17, 15) is 51.3 Å². The lowest BCUT2D eigenvalue weighted by Crippen LogP contribution is -2.63. The van der Waals surface area contributed by atoms with Crippen molar-refractivity contribution in [3.05, 3.63) is 75.0 Å². The lowest BCUT2D eigenvalue weighted by atomic mass is 9.82. The molecule has 4 unspecified atom stereocenters. The van der Waals surface area contributed by atoms with Crippen molar-refractivity contribution in [2.24, 2.45) is 10.8 Å². The van der Waals surface area contributed by atoms with Crippen molar-refractivity contribution >= 4 is 46.6 Å². The number of hydrogen-bond donors (Lipinski definition) is 6. The average Bonchev–Trinajstić information content (AvgIpc) is 3.61. The van der Waals surface area contributed by atoms with E-state index in [1.165, 1.54) is 20.8 Å². The summed E-state index contributed by atoms with van der Waals surface area (Å²) in [6.45, 7) is 1.12. The Morgan fingerprint density at radius 3 is 1.98 bits per heavy atom. The summed E-state index contributed by atoms with van der Waals surface area (Å²) in [4.78, 5) is 51.1. The van der Waals surface area contributed by atoms with Crippen LogP contribution in [0.5, 0.6) is 0 Å². The maximum absolute atomic E-state index is 15.7. The molecule has 0 aliphatic carbocycles. The molecule has 3 rings (SSSR count). The van der Waals surface area contributed by atoms with E-state index >= 15 is 8.78 Å². The Kier molecular flexibility index (Phi) is 15.9. The maximum Gasteiger partial charge on any atom is 0.407 e. The van der Waals surface area contributed by atoms with Crippen LogP contribution in [0, 0.1) is 26.0 Å². The summed E-state index contributed by atoms with van der Waals surface area (Å²) in [6, 6.07) is 3.85. The van der Waals surface area contributed by atoms with Gasteiger partial charge in [0.25, 0.3) is 5.91 Å². The number of carbonyl (C=O) groups excluding carboxylic acids is 3. The molecule has 58 heavy (non-hydrogen) atoms. The number of halogens is 8. The molecule has 0 aliphatic heterocycles. The number of aliphatic hydroxyl groups excluding tert-OH is 1. The van der Waals surface area contributed by atoms with E-state index in [0.29, 0.717) is 19.4 Å². The zero-order valence-corrected chi connectivity index (χ0v) is 34.1. The quantitative estimate of drug-likeness (QED) is 0.0592. The number of carboxylic acid groups (broad SMARTS) is 1. The number of aliphatic hydroxyl groups is 1. The molecule has 4 amide bonds. The van der Waals surface area contributed by atoms with Gasteiger partial charge in [-0.05, 0) is 84.2 Å². The molecule has 1 heterocycles. The molecule has 320 valence electrons. The number of rotatable bonds is 16. The largest absolute Gasteiger partial charge is 0.465 e. The van der Waals surface area contributed by atoms with Crippen molar-refractivity contribution in [2.45, 2.75) is 84.5 Å². The SMILES string of the molecule is COC(=O)NC(C(=O)NC(Cc1ccc(I)cc1)C(O)CN(Cc1c(F)cc(-c2ccn(C(F)F)n2)cc1F)NC(=O)C(NC(=O)O)C(C)(C)C)C(C)(C)C(F)(F)F. The van der Waals surface area contributed by atoms with Gasteiger partial charge in [-0.25, -0.2) is 28.1 Å². The molecule has 0 saturated carbocycles. The lowest BCUT2D eigenvalue weighted by molar-refractivity contribution is -0.220. The monoisotopic (exact) mass is 945 g/mol. The predicted molar refractivity (Wildman–Crippen MR) is 202 cm³/mol. The van der Waals surface area contributed by atoms with Crippen molar-refractivity contribution in [1.29, 1.82) is 0 Å². The zero-order valence-electron chi connectivity index (χ0n) is 31.9. The number of hydrazine groups is 1. The highest BCUT2D eigenvalue weighted by atomic mass is 127. The molecule has 0 aliphatic rings. The van der Waals surface area contributed by atoms with Crippen LogP contribution in [-0.2, 0) is 27.3 Å². The molecule has 14 nitrogen and oxygen atoms in total. The zero-order chi connectivity index (χ0) is 43.9. The second kappa shape index (κ2) is 19.4. The van der Waals surface area contributed by atoms with E-state index in [1.54, 1.807) is 24.3 Å². The first-order valence-corrected chi connectivity index (χ1v) is 18.3. The molecular weight excluding hydrogens is 902 g/mol. The van der Waals surface area contributed by atoms with Crippen molar-refractivity contribution in [1.82, 2.24) is 36.2 Å². The van der Waals surface area contributed by atoms with Gasteiger partial charge >= 0.3 is 24.9 Å². The summed E-state index contributed by atoms with van der Waals surface area (Å²) in [5, 5.41) is 31.8. The van der Waals surface area contributed by atoms with Gasteiger partial charge in [-0.1, -0.05) is 32.9 Å². The smallest absolute Gasteiger partial charge is 0.407 e. The van der Waals surface area contributed by atoms with Crippen molar-refractivity contribution in [3.8, 4) is 11.3 Å². The van der Waals surface area contributed by atoms with Gasteiger partial charge in [0.1, 0.15) is 23.7 Å². The Balaban J connectivity index is 2.09. The summed E-state index contributed by atoms with van der Waals surface area (Å²) in [6.07, 6.45) is -9.27. The number of amides is 4. The third kappa shape index (κ3) is 12.6. The summed E-state index contributed by atoms with van der Waals surface area (Å²) < 4.78 is 106. The van der Waals surface area contributed by atoms with Crippen LogP contribution in [0.2, 0.25) is 0 Å². The minimum Gasteiger partial charge on any atom is -0.465 e. The van der Waals surface area contributed by atoms with Crippen LogP contribution in [0.4, 0.5) is 40.3 Å². The van der Waals surface area contributed by atoms with Crippen LogP contribution in [0.25, 0.3) is 11.3 Å². The number of aromatic nitrogens is 2. The van der Waals surface area contributed by atoms with E-state index < -0.39 is 102 Å². The fourth-order valence-corrected chi connectivity index (χ4v) is 5.91. The minimum absolute atomic E-state index is 0.208. The summed E-state index contributed by atoms with van der Waals surface area (Å²) in [7, 11) is 0.868. The highest BCUT2D eigenvalue weighted by Gasteiger charge is 2.56. The number of alkyl carbamates (subject to hydrolysis) is 1. The van der Waals surface area contributed by atoms with Crippen LogP contribution >= 0.6 is 22.6 Å². The van der Waals surface area contributed by atoms with Crippen molar-refractivity contribution in [2.75, 3.05) is 13.7 Å². The second-order valence-corrected chi connectivity index (χ2v) is 16.0. The van der Waals surface area contributed by atoms with Gasteiger partial charge in [-0.15, -0.1) is 0 Å². The predicted octanol–water partition coefficient (Wildman–Crippen LogP) is 5.75. The summed E-state index contributed by atoms with van der Waals surface area (Å²) in [5.74, 6) is -4.95. The summed E-state index contributed by atoms with van der Waals surface area (Å²) >= 11 is 2.01. The van der Waals surface area contributed by atoms with Gasteiger partial charge in [0, 0.05) is 34.0 Å². The molecule has 6 N–H and O–H groups in total. The van der Waals surface area contributed by atoms with E-state index in [1.807, 2.05) is 27.9 Å². The highest BCUT2D eigenvalue weighted by molar-refractivity contribution is 14.1. The first-order valence-electron chi connectivity index (χ1n) is 17.3. The van der Waals surface area contributed by atoms with Crippen molar-refractivity contribution in [3.63, 3.8) is 0 Å². The second-order valence-electron chi connectivity index (χ2n) is 14.8. The van der Waals surface area contributed by atoms with Gasteiger partial charge < -0.3 is 30.9 Å². The number of ether oxygens (including phenoxy) is 1. The number of alkyl halides is 5. The van der Waals surface area contributed by atoms with Crippen LogP contribution in [0.15, 0.2) is 48.7 Å². The van der Waals surface area contributed by atoms with Crippen LogP contribution < -0.4 is 21.4 Å². The van der Waals surface area contributed by atoms with Gasteiger partial charge in [0.05, 0.1) is 30.4 Å². The highest BCUT2D eigenvalue weighted by Crippen LogP contribution is 2.40.